The quantitative estimate of drug-likeness (QED) is 0.515. The zero-order valence-corrected chi connectivity index (χ0v) is 9.85. The molecule has 0 aliphatic rings. The summed E-state index contributed by atoms with van der Waals surface area (Å²) >= 11 is 0.800. The maximum absolute atomic E-state index is 11.6. The van der Waals surface area contributed by atoms with Gasteiger partial charge in [0.15, 0.2) is 0 Å². The van der Waals surface area contributed by atoms with Crippen LogP contribution in [0.15, 0.2) is 29.4 Å². The predicted molar refractivity (Wildman–Crippen MR) is 57.8 cm³/mol. The molecule has 0 aromatic heterocycles. The van der Waals surface area contributed by atoms with E-state index in [9.17, 15) is 13.0 Å². The number of hydrogen-bond acceptors (Lipinski definition) is 5. The SMILES string of the molecule is C=CCOP(=O)(N=S(=O)=O)SCC=C. The Balaban J connectivity index is 4.65. The lowest BCUT2D eigenvalue weighted by molar-refractivity contribution is 0.368. The molecule has 0 aliphatic heterocycles. The Hall–Kier alpha value is -0.360. The zero-order chi connectivity index (χ0) is 11.0. The van der Waals surface area contributed by atoms with E-state index in [4.69, 9.17) is 4.52 Å². The van der Waals surface area contributed by atoms with Crippen LogP contribution in [-0.2, 0) is 19.6 Å². The molecule has 0 radical (unpaired) electrons. The third-order valence-electron chi connectivity index (χ3n) is 0.878. The van der Waals surface area contributed by atoms with Gasteiger partial charge in [-0.2, -0.15) is 8.42 Å². The first-order valence-corrected chi connectivity index (χ1v) is 7.67. The van der Waals surface area contributed by atoms with E-state index in [1.807, 2.05) is 0 Å². The molecule has 0 saturated heterocycles. The molecule has 0 bridgehead atoms. The van der Waals surface area contributed by atoms with Gasteiger partial charge in [0.1, 0.15) is 0 Å². The predicted octanol–water partition coefficient (Wildman–Crippen LogP) is 2.28. The van der Waals surface area contributed by atoms with Crippen molar-refractivity contribution in [2.45, 2.75) is 0 Å². The van der Waals surface area contributed by atoms with Gasteiger partial charge in [0.05, 0.1) is 6.61 Å². The van der Waals surface area contributed by atoms with Gasteiger partial charge < -0.3 is 0 Å². The fourth-order valence-electron chi connectivity index (χ4n) is 0.460. The van der Waals surface area contributed by atoms with Crippen LogP contribution in [0.1, 0.15) is 0 Å². The molecule has 14 heavy (non-hydrogen) atoms. The summed E-state index contributed by atoms with van der Waals surface area (Å²) in [6.07, 6.45) is 2.85. The van der Waals surface area contributed by atoms with Crippen molar-refractivity contribution in [2.75, 3.05) is 12.4 Å². The summed E-state index contributed by atoms with van der Waals surface area (Å²) in [7, 11) is -2.74. The highest BCUT2D eigenvalue weighted by atomic mass is 32.7. The van der Waals surface area contributed by atoms with Gasteiger partial charge in [-0.15, -0.1) is 13.2 Å². The summed E-state index contributed by atoms with van der Waals surface area (Å²) in [5, 5.41) is 0. The Morgan fingerprint density at radius 2 is 2.07 bits per heavy atom. The van der Waals surface area contributed by atoms with Crippen molar-refractivity contribution >= 4 is 28.6 Å². The summed E-state index contributed by atoms with van der Waals surface area (Å²) in [6, 6.07) is 0. The van der Waals surface area contributed by atoms with E-state index in [-0.39, 0.29) is 6.61 Å². The number of rotatable bonds is 7. The third kappa shape index (κ3) is 6.15. The van der Waals surface area contributed by atoms with E-state index in [0.29, 0.717) is 5.75 Å². The van der Waals surface area contributed by atoms with Crippen molar-refractivity contribution in [3.8, 4) is 0 Å². The topological polar surface area (TPSA) is 72.8 Å². The fraction of sp³-hybridized carbons (Fsp3) is 0.333. The van der Waals surface area contributed by atoms with Crippen LogP contribution in [-0.4, -0.2) is 20.8 Å². The molecule has 0 spiro atoms. The van der Waals surface area contributed by atoms with Crippen molar-refractivity contribution in [3.05, 3.63) is 25.3 Å². The lowest BCUT2D eigenvalue weighted by Crippen LogP contribution is -1.85. The molecule has 5 nitrogen and oxygen atoms in total. The summed E-state index contributed by atoms with van der Waals surface area (Å²) in [4.78, 5) is 0. The third-order valence-corrected chi connectivity index (χ3v) is 5.74. The van der Waals surface area contributed by atoms with Gasteiger partial charge in [-0.1, -0.05) is 16.3 Å². The van der Waals surface area contributed by atoms with Gasteiger partial charge in [-0.25, -0.2) is 0 Å². The van der Waals surface area contributed by atoms with Gasteiger partial charge >= 0.3 is 17.2 Å². The molecule has 1 unspecified atom stereocenters. The second-order valence-corrected chi connectivity index (χ2v) is 6.97. The second-order valence-electron chi connectivity index (χ2n) is 1.94. The molecule has 0 aromatic rings. The van der Waals surface area contributed by atoms with Crippen LogP contribution in [0.4, 0.5) is 0 Å². The van der Waals surface area contributed by atoms with Gasteiger partial charge in [0.2, 0.25) is 0 Å². The van der Waals surface area contributed by atoms with Crippen LogP contribution >= 0.6 is 18.1 Å². The summed E-state index contributed by atoms with van der Waals surface area (Å²) < 4.78 is 39.9. The maximum atomic E-state index is 11.6. The molecule has 80 valence electrons. The van der Waals surface area contributed by atoms with Crippen LogP contribution in [0, 0.1) is 0 Å². The van der Waals surface area contributed by atoms with E-state index in [1.54, 1.807) is 0 Å². The Bertz CT molecular complexity index is 351. The van der Waals surface area contributed by atoms with Crippen molar-refractivity contribution in [1.82, 2.24) is 0 Å². The Morgan fingerprint density at radius 1 is 1.43 bits per heavy atom. The highest BCUT2D eigenvalue weighted by molar-refractivity contribution is 8.56. The van der Waals surface area contributed by atoms with E-state index in [1.165, 1.54) is 12.2 Å². The number of nitrogens with zero attached hydrogens (tertiary/aromatic N) is 1. The van der Waals surface area contributed by atoms with Gasteiger partial charge in [-0.3, -0.25) is 9.09 Å². The summed E-state index contributed by atoms with van der Waals surface area (Å²) in [5.74, 6) is 0.301. The van der Waals surface area contributed by atoms with Crippen LogP contribution in [0.2, 0.25) is 0 Å². The van der Waals surface area contributed by atoms with E-state index in [2.05, 4.69) is 17.3 Å². The van der Waals surface area contributed by atoms with Gasteiger partial charge in [0, 0.05) is 5.75 Å². The summed E-state index contributed by atoms with van der Waals surface area (Å²) in [5.41, 5.74) is 0. The van der Waals surface area contributed by atoms with Gasteiger partial charge in [0.25, 0.3) is 0 Å². The minimum atomic E-state index is -3.52. The zero-order valence-electron chi connectivity index (χ0n) is 7.33. The highest BCUT2D eigenvalue weighted by Crippen LogP contribution is 2.60. The van der Waals surface area contributed by atoms with Crippen LogP contribution in [0.25, 0.3) is 0 Å². The number of hydrogen-bond donors (Lipinski definition) is 0. The largest absolute Gasteiger partial charge is 0.386 e. The Kier molecular flexibility index (Phi) is 6.82. The first kappa shape index (κ1) is 13.6. The minimum absolute atomic E-state index is 0.0118. The lowest BCUT2D eigenvalue weighted by Gasteiger charge is -2.07. The Labute approximate surface area is 88.2 Å². The van der Waals surface area contributed by atoms with Crippen molar-refractivity contribution < 1.29 is 17.5 Å². The van der Waals surface area contributed by atoms with Crippen molar-refractivity contribution in [2.24, 2.45) is 4.13 Å². The second kappa shape index (κ2) is 7.00. The highest BCUT2D eigenvalue weighted by Gasteiger charge is 2.22. The molecule has 0 N–H and O–H groups in total. The normalized spacial score (nSPS) is 14.0. The van der Waals surface area contributed by atoms with Crippen LogP contribution < -0.4 is 0 Å². The molecule has 0 rings (SSSR count). The maximum Gasteiger partial charge on any atom is 0.386 e. The standard InChI is InChI=1S/C6H10NO4PS2/c1-3-5-11-12(8,7-14(9)10)13-6-4-2/h3-4H,1-2,5-6H2. The smallest absolute Gasteiger partial charge is 0.300 e. The molecule has 0 saturated carbocycles. The monoisotopic (exact) mass is 255 g/mol. The molecular formula is C6H10NO4PS2. The van der Waals surface area contributed by atoms with E-state index < -0.39 is 17.2 Å². The molecular weight excluding hydrogens is 245 g/mol. The molecule has 1 atom stereocenters. The molecule has 8 heteroatoms. The summed E-state index contributed by atoms with van der Waals surface area (Å²) in [6.45, 7) is 3.23. The van der Waals surface area contributed by atoms with Crippen molar-refractivity contribution in [3.63, 3.8) is 0 Å². The average molecular weight is 255 g/mol. The molecule has 0 aliphatic carbocycles. The molecule has 0 fully saturated rings. The molecule has 0 aromatic carbocycles. The molecule has 0 amide bonds. The van der Waals surface area contributed by atoms with E-state index in [0.717, 1.165) is 11.4 Å². The fourth-order valence-corrected chi connectivity index (χ4v) is 4.35. The first-order valence-electron chi connectivity index (χ1n) is 3.47. The minimum Gasteiger partial charge on any atom is -0.300 e. The average Bonchev–Trinajstić information content (AvgIpc) is 2.11. The first-order chi connectivity index (χ1) is 6.54. The Morgan fingerprint density at radius 3 is 2.50 bits per heavy atom. The van der Waals surface area contributed by atoms with Crippen LogP contribution in [0.5, 0.6) is 0 Å². The molecule has 0 heterocycles. The lowest BCUT2D eigenvalue weighted by atomic mass is 10.7. The van der Waals surface area contributed by atoms with E-state index >= 15 is 0 Å². The van der Waals surface area contributed by atoms with Gasteiger partial charge in [-0.05, 0) is 11.4 Å². The van der Waals surface area contributed by atoms with Crippen molar-refractivity contribution in [1.29, 1.82) is 0 Å². The van der Waals surface area contributed by atoms with Crippen LogP contribution in [0.3, 0.4) is 0 Å².